The van der Waals surface area contributed by atoms with Gasteiger partial charge in [0.05, 0.1) is 27.5 Å². The number of thioether (sulfide) groups is 1. The summed E-state index contributed by atoms with van der Waals surface area (Å²) in [6.45, 7) is 1.76. The molecule has 0 unspecified atom stereocenters. The first-order valence-electron chi connectivity index (χ1n) is 15.3. The van der Waals surface area contributed by atoms with E-state index >= 15 is 0 Å². The maximum atomic E-state index is 14.0. The predicted molar refractivity (Wildman–Crippen MR) is 176 cm³/mol. The van der Waals surface area contributed by atoms with Crippen molar-refractivity contribution in [3.05, 3.63) is 109 Å². The molecule has 3 aromatic carbocycles. The van der Waals surface area contributed by atoms with Crippen LogP contribution >= 0.6 is 23.1 Å². The van der Waals surface area contributed by atoms with E-state index < -0.39 is 16.8 Å². The predicted octanol–water partition coefficient (Wildman–Crippen LogP) is 5.35. The number of aryl methyl sites for hydroxylation is 1. The molecule has 8 rings (SSSR count). The van der Waals surface area contributed by atoms with Gasteiger partial charge in [0.1, 0.15) is 5.75 Å². The van der Waals surface area contributed by atoms with Crippen LogP contribution in [0.15, 0.2) is 82.6 Å². The number of nitrogens with one attached hydrogen (secondary N) is 2. The maximum Gasteiger partial charge on any atom is 0.305 e. The average Bonchev–Trinajstić information content (AvgIpc) is 3.79. The molecule has 1 aromatic heterocycles. The third-order valence-electron chi connectivity index (χ3n) is 9.93. The third kappa shape index (κ3) is 4.87. The molecule has 4 aliphatic rings. The highest BCUT2D eigenvalue weighted by Crippen LogP contribution is 2.68. The van der Waals surface area contributed by atoms with Gasteiger partial charge in [-0.3, -0.25) is 34.2 Å². The van der Waals surface area contributed by atoms with Gasteiger partial charge < -0.3 is 15.0 Å². The summed E-state index contributed by atoms with van der Waals surface area (Å²) in [6.07, 6.45) is 0.730. The SMILES string of the molecule is Cc1cccc(NC(=O)COc2cccc([C@@H]3c4sc(=O)[nH]c4S[C@@H]4[C@@H]5C[C@@H]([C@@H]6C(=O)N(c7ccc([N+](=O)[O-])cc7)C(=O)[C@@H]56)[C@H]34)c2)c1. The molecule has 13 heteroatoms. The summed E-state index contributed by atoms with van der Waals surface area (Å²) in [7, 11) is 0. The highest BCUT2D eigenvalue weighted by Gasteiger charge is 2.69. The van der Waals surface area contributed by atoms with E-state index in [1.807, 2.05) is 49.4 Å². The molecular formula is C34H28N4O7S2. The minimum Gasteiger partial charge on any atom is -0.484 e. The second-order valence-corrected chi connectivity index (χ2v) is 14.7. The topological polar surface area (TPSA) is 152 Å². The zero-order valence-electron chi connectivity index (χ0n) is 25.0. The van der Waals surface area contributed by atoms with Crippen LogP contribution in [-0.2, 0) is 14.4 Å². The molecule has 0 spiro atoms. The van der Waals surface area contributed by atoms with Crippen LogP contribution in [-0.4, -0.2) is 39.5 Å². The summed E-state index contributed by atoms with van der Waals surface area (Å²) in [5, 5.41) is 14.8. The van der Waals surface area contributed by atoms with Crippen molar-refractivity contribution in [2.24, 2.45) is 29.6 Å². The molecule has 11 nitrogen and oxygen atoms in total. The summed E-state index contributed by atoms with van der Waals surface area (Å²) in [4.78, 5) is 68.7. The molecule has 3 heterocycles. The first-order valence-corrected chi connectivity index (χ1v) is 17.0. The van der Waals surface area contributed by atoms with Gasteiger partial charge in [-0.2, -0.15) is 0 Å². The number of benzene rings is 3. The monoisotopic (exact) mass is 668 g/mol. The number of ether oxygens (including phenoxy) is 1. The number of H-pyrrole nitrogens is 1. The second-order valence-electron chi connectivity index (χ2n) is 12.5. The van der Waals surface area contributed by atoms with Crippen LogP contribution in [0.4, 0.5) is 17.1 Å². The molecule has 1 saturated heterocycles. The number of rotatable bonds is 7. The lowest BCUT2D eigenvalue weighted by Gasteiger charge is -2.43. The Morgan fingerprint density at radius 1 is 1.02 bits per heavy atom. The van der Waals surface area contributed by atoms with E-state index in [1.54, 1.807) is 17.8 Å². The Morgan fingerprint density at radius 3 is 2.51 bits per heavy atom. The van der Waals surface area contributed by atoms with Crippen LogP contribution in [0.1, 0.15) is 28.3 Å². The van der Waals surface area contributed by atoms with Crippen molar-refractivity contribution < 1.29 is 24.0 Å². The highest BCUT2D eigenvalue weighted by molar-refractivity contribution is 8.00. The number of nitro groups is 1. The van der Waals surface area contributed by atoms with Crippen molar-refractivity contribution in [1.29, 1.82) is 0 Å². The zero-order valence-corrected chi connectivity index (χ0v) is 26.6. The van der Waals surface area contributed by atoms with Gasteiger partial charge >= 0.3 is 4.87 Å². The summed E-state index contributed by atoms with van der Waals surface area (Å²) in [5.74, 6) is -1.68. The molecule has 4 aromatic rings. The number of carbonyl (C=O) groups is 3. The van der Waals surface area contributed by atoms with Crippen LogP contribution in [0.3, 0.4) is 0 Å². The van der Waals surface area contributed by atoms with Crippen LogP contribution in [0.5, 0.6) is 5.75 Å². The Balaban J connectivity index is 1.08. The van der Waals surface area contributed by atoms with Gasteiger partial charge in [-0.1, -0.05) is 35.6 Å². The van der Waals surface area contributed by atoms with Crippen molar-refractivity contribution in [2.75, 3.05) is 16.8 Å². The normalized spacial score (nSPS) is 26.9. The first-order chi connectivity index (χ1) is 22.7. The summed E-state index contributed by atoms with van der Waals surface area (Å²) in [5.41, 5.74) is 2.86. The van der Waals surface area contributed by atoms with E-state index in [2.05, 4.69) is 10.3 Å². The minimum absolute atomic E-state index is 0.00208. The van der Waals surface area contributed by atoms with E-state index in [9.17, 15) is 29.3 Å². The van der Waals surface area contributed by atoms with E-state index in [0.29, 0.717) is 17.1 Å². The lowest BCUT2D eigenvalue weighted by atomic mass is 9.68. The number of anilines is 2. The minimum atomic E-state index is -0.516. The Kier molecular flexibility index (Phi) is 7.06. The molecule has 47 heavy (non-hydrogen) atoms. The molecule has 3 fully saturated rings. The van der Waals surface area contributed by atoms with Gasteiger partial charge in [-0.05, 0) is 78.6 Å². The largest absolute Gasteiger partial charge is 0.484 e. The van der Waals surface area contributed by atoms with Crippen molar-refractivity contribution in [1.82, 2.24) is 4.98 Å². The Hall–Kier alpha value is -4.75. The molecule has 7 atom stereocenters. The quantitative estimate of drug-likeness (QED) is 0.152. The van der Waals surface area contributed by atoms with Gasteiger partial charge in [-0.25, -0.2) is 0 Å². The molecule has 238 valence electrons. The number of thiazole rings is 1. The fourth-order valence-corrected chi connectivity index (χ4v) is 11.1. The first kappa shape index (κ1) is 29.6. The maximum absolute atomic E-state index is 14.0. The van der Waals surface area contributed by atoms with Gasteiger partial charge in [0, 0.05) is 33.9 Å². The zero-order chi connectivity index (χ0) is 32.6. The number of nitro benzene ring substituents is 1. The van der Waals surface area contributed by atoms with Gasteiger partial charge in [0.2, 0.25) is 11.8 Å². The fraction of sp³-hybridized carbons (Fsp3) is 0.294. The number of hydrogen-bond donors (Lipinski definition) is 2. The van der Waals surface area contributed by atoms with Crippen molar-refractivity contribution in [3.8, 4) is 5.75 Å². The van der Waals surface area contributed by atoms with Crippen molar-refractivity contribution in [3.63, 3.8) is 0 Å². The molecule has 3 amide bonds. The van der Waals surface area contributed by atoms with Crippen LogP contribution in [0.2, 0.25) is 0 Å². The number of amides is 3. The van der Waals surface area contributed by atoms with Crippen LogP contribution < -0.4 is 19.8 Å². The lowest BCUT2D eigenvalue weighted by Crippen LogP contribution is -2.42. The number of fused-ring (bicyclic) bond motifs is 9. The van der Waals surface area contributed by atoms with E-state index in [0.717, 1.165) is 27.5 Å². The number of imide groups is 1. The third-order valence-corrected chi connectivity index (χ3v) is 12.5. The summed E-state index contributed by atoms with van der Waals surface area (Å²) in [6, 6.07) is 20.6. The van der Waals surface area contributed by atoms with Crippen LogP contribution in [0, 0.1) is 46.6 Å². The van der Waals surface area contributed by atoms with E-state index in [1.165, 1.54) is 40.5 Å². The Bertz CT molecular complexity index is 2020. The van der Waals surface area contributed by atoms with E-state index in [-0.39, 0.29) is 63.8 Å². The fourth-order valence-electron chi connectivity index (χ4n) is 8.23. The second kappa shape index (κ2) is 11.2. The van der Waals surface area contributed by atoms with Crippen molar-refractivity contribution in [2.45, 2.75) is 29.5 Å². The number of nitrogens with zero attached hydrogens (tertiary/aromatic N) is 2. The van der Waals surface area contributed by atoms with Crippen molar-refractivity contribution >= 4 is 57.9 Å². The Labute approximate surface area is 276 Å². The molecular weight excluding hydrogens is 641 g/mol. The standard InChI is InChI=1S/C34H28N4O7S2/c1-16-4-2-6-18(12-16)35-24(39)15-45-21-7-3-5-17(13-21)25-26-22-14-23(29(26)46-31-30(25)47-34(42)36-31)28-27(22)32(40)37(33(28)41)19-8-10-20(11-9-19)38(43)44/h2-13,22-23,25-29H,14-15H2,1H3,(H,35,39)(H,36,42)/t22-,23-,25+,26-,27+,28+,29-/m1/s1. The summed E-state index contributed by atoms with van der Waals surface area (Å²) < 4.78 is 5.92. The number of hydrogen-bond acceptors (Lipinski definition) is 9. The molecule has 2 N–H and O–H groups in total. The lowest BCUT2D eigenvalue weighted by molar-refractivity contribution is -0.384. The van der Waals surface area contributed by atoms with Crippen LogP contribution in [0.25, 0.3) is 0 Å². The van der Waals surface area contributed by atoms with Gasteiger partial charge in [-0.15, -0.1) is 11.8 Å². The number of carbonyl (C=O) groups excluding carboxylic acids is 3. The molecule has 2 aliphatic carbocycles. The van der Waals surface area contributed by atoms with Gasteiger partial charge in [0.25, 0.3) is 11.6 Å². The number of aromatic nitrogens is 1. The molecule has 2 saturated carbocycles. The smallest absolute Gasteiger partial charge is 0.305 e. The number of non-ortho nitro benzene ring substituents is 1. The Morgan fingerprint density at radius 2 is 1.77 bits per heavy atom. The molecule has 2 aliphatic heterocycles. The highest BCUT2D eigenvalue weighted by atomic mass is 32.2. The van der Waals surface area contributed by atoms with Gasteiger partial charge in [0.15, 0.2) is 6.61 Å². The average molecular weight is 669 g/mol. The molecule has 0 radical (unpaired) electrons. The van der Waals surface area contributed by atoms with E-state index in [4.69, 9.17) is 4.74 Å². The summed E-state index contributed by atoms with van der Waals surface area (Å²) >= 11 is 2.77. The number of aromatic amines is 1. The molecule has 2 bridgehead atoms.